The summed E-state index contributed by atoms with van der Waals surface area (Å²) in [6.07, 6.45) is 9.70. The normalized spacial score (nSPS) is 25.9. The Labute approximate surface area is 96.5 Å². The van der Waals surface area contributed by atoms with Gasteiger partial charge in [0.1, 0.15) is 5.82 Å². The summed E-state index contributed by atoms with van der Waals surface area (Å²) in [6, 6.07) is 0. The van der Waals surface area contributed by atoms with Crippen LogP contribution in [0.15, 0.2) is 6.20 Å². The highest BCUT2D eigenvalue weighted by atomic mass is 16.3. The fraction of sp³-hybridized carbons (Fsp3) is 0.769. The van der Waals surface area contributed by atoms with E-state index in [1.165, 1.54) is 37.2 Å². The van der Waals surface area contributed by atoms with Gasteiger partial charge in [-0.3, -0.25) is 0 Å². The van der Waals surface area contributed by atoms with Gasteiger partial charge in [0.05, 0.1) is 5.69 Å². The van der Waals surface area contributed by atoms with Crippen molar-refractivity contribution in [3.63, 3.8) is 0 Å². The van der Waals surface area contributed by atoms with E-state index in [1.807, 2.05) is 0 Å². The number of aryl methyl sites for hydroxylation is 1. The van der Waals surface area contributed by atoms with Crippen molar-refractivity contribution >= 4 is 0 Å². The highest BCUT2D eigenvalue weighted by Crippen LogP contribution is 2.34. The first-order valence-corrected chi connectivity index (χ1v) is 6.53. The number of imidazole rings is 1. The molecule has 1 aromatic heterocycles. The maximum Gasteiger partial charge on any atom is 0.109 e. The molecule has 3 heteroatoms. The van der Waals surface area contributed by atoms with Gasteiger partial charge >= 0.3 is 0 Å². The molecular weight excluding hydrogens is 200 g/mol. The number of fused-ring (bicyclic) bond motifs is 1. The fourth-order valence-corrected chi connectivity index (χ4v) is 3.09. The van der Waals surface area contributed by atoms with Crippen LogP contribution in [0.4, 0.5) is 0 Å². The Morgan fingerprint density at radius 2 is 2.12 bits per heavy atom. The minimum absolute atomic E-state index is 0.311. The molecule has 16 heavy (non-hydrogen) atoms. The second-order valence-corrected chi connectivity index (χ2v) is 5.30. The van der Waals surface area contributed by atoms with Crippen molar-refractivity contribution in [2.75, 3.05) is 6.61 Å². The molecule has 1 aromatic rings. The number of hydrogen-bond donors (Lipinski definition) is 1. The van der Waals surface area contributed by atoms with E-state index in [-0.39, 0.29) is 0 Å². The van der Waals surface area contributed by atoms with E-state index < -0.39 is 0 Å². The first-order chi connectivity index (χ1) is 7.86. The maximum absolute atomic E-state index is 9.20. The van der Waals surface area contributed by atoms with Gasteiger partial charge in [-0.05, 0) is 25.2 Å². The van der Waals surface area contributed by atoms with Gasteiger partial charge in [-0.15, -0.1) is 0 Å². The standard InChI is InChI=1S/C13H20N2O/c16-9-10-5-6-15-8-12(14-13(15)7-10)11-3-1-2-4-11/h8,10-11,16H,1-7,9H2. The Morgan fingerprint density at radius 1 is 1.31 bits per heavy atom. The van der Waals surface area contributed by atoms with E-state index in [9.17, 15) is 5.11 Å². The molecule has 0 radical (unpaired) electrons. The van der Waals surface area contributed by atoms with Crippen LogP contribution >= 0.6 is 0 Å². The molecular formula is C13H20N2O. The van der Waals surface area contributed by atoms with E-state index in [0.29, 0.717) is 18.4 Å². The predicted molar refractivity (Wildman–Crippen MR) is 62.3 cm³/mol. The van der Waals surface area contributed by atoms with Crippen molar-refractivity contribution in [2.45, 2.75) is 51.0 Å². The van der Waals surface area contributed by atoms with E-state index in [0.717, 1.165) is 19.4 Å². The van der Waals surface area contributed by atoms with Crippen LogP contribution in [0.3, 0.4) is 0 Å². The zero-order valence-corrected chi connectivity index (χ0v) is 9.73. The number of nitrogens with zero attached hydrogens (tertiary/aromatic N) is 2. The third-order valence-corrected chi connectivity index (χ3v) is 4.16. The van der Waals surface area contributed by atoms with E-state index in [1.54, 1.807) is 0 Å². The molecule has 1 fully saturated rings. The molecule has 0 aromatic carbocycles. The Morgan fingerprint density at radius 3 is 2.88 bits per heavy atom. The molecule has 2 aliphatic rings. The van der Waals surface area contributed by atoms with Crippen molar-refractivity contribution in [1.82, 2.24) is 9.55 Å². The molecule has 0 saturated heterocycles. The van der Waals surface area contributed by atoms with Crippen molar-refractivity contribution in [2.24, 2.45) is 5.92 Å². The molecule has 0 spiro atoms. The van der Waals surface area contributed by atoms with E-state index >= 15 is 0 Å². The third kappa shape index (κ3) is 1.77. The third-order valence-electron chi connectivity index (χ3n) is 4.16. The quantitative estimate of drug-likeness (QED) is 0.828. The monoisotopic (exact) mass is 220 g/mol. The van der Waals surface area contributed by atoms with Crippen LogP contribution in [0.5, 0.6) is 0 Å². The zero-order chi connectivity index (χ0) is 11.0. The molecule has 1 saturated carbocycles. The second-order valence-electron chi connectivity index (χ2n) is 5.30. The minimum atomic E-state index is 0.311. The predicted octanol–water partition coefficient (Wildman–Crippen LogP) is 2.10. The van der Waals surface area contributed by atoms with Crippen molar-refractivity contribution in [1.29, 1.82) is 0 Å². The van der Waals surface area contributed by atoms with Crippen LogP contribution in [0.2, 0.25) is 0 Å². The van der Waals surface area contributed by atoms with Crippen LogP contribution in [-0.4, -0.2) is 21.3 Å². The summed E-state index contributed by atoms with van der Waals surface area (Å²) in [5.74, 6) is 2.35. The Bertz CT molecular complexity index is 366. The van der Waals surface area contributed by atoms with Gasteiger partial charge in [0.25, 0.3) is 0 Å². The molecule has 2 heterocycles. The first kappa shape index (κ1) is 10.3. The van der Waals surface area contributed by atoms with Gasteiger partial charge in [0, 0.05) is 31.7 Å². The Hall–Kier alpha value is -0.830. The second kappa shape index (κ2) is 4.21. The van der Waals surface area contributed by atoms with E-state index in [2.05, 4.69) is 10.8 Å². The molecule has 1 unspecified atom stereocenters. The molecule has 1 aliphatic carbocycles. The average molecular weight is 220 g/mol. The van der Waals surface area contributed by atoms with E-state index in [4.69, 9.17) is 4.98 Å². The molecule has 88 valence electrons. The van der Waals surface area contributed by atoms with Gasteiger partial charge in [0.15, 0.2) is 0 Å². The molecule has 3 nitrogen and oxygen atoms in total. The van der Waals surface area contributed by atoms with Crippen molar-refractivity contribution in [3.8, 4) is 0 Å². The van der Waals surface area contributed by atoms with Gasteiger partial charge < -0.3 is 9.67 Å². The lowest BCUT2D eigenvalue weighted by Crippen LogP contribution is -2.21. The summed E-state index contributed by atoms with van der Waals surface area (Å²) in [5, 5.41) is 9.20. The topological polar surface area (TPSA) is 38.0 Å². The van der Waals surface area contributed by atoms with Crippen LogP contribution in [0.1, 0.15) is 49.5 Å². The minimum Gasteiger partial charge on any atom is -0.396 e. The highest BCUT2D eigenvalue weighted by Gasteiger charge is 2.24. The summed E-state index contributed by atoms with van der Waals surface area (Å²) < 4.78 is 2.31. The number of rotatable bonds is 2. The first-order valence-electron chi connectivity index (χ1n) is 6.53. The summed E-state index contributed by atoms with van der Waals surface area (Å²) in [4.78, 5) is 4.78. The Balaban J connectivity index is 1.80. The van der Waals surface area contributed by atoms with Gasteiger partial charge in [-0.25, -0.2) is 4.98 Å². The van der Waals surface area contributed by atoms with Crippen LogP contribution in [0, 0.1) is 5.92 Å². The van der Waals surface area contributed by atoms with Gasteiger partial charge in [-0.1, -0.05) is 12.8 Å². The number of aliphatic hydroxyl groups excluding tert-OH is 1. The highest BCUT2D eigenvalue weighted by molar-refractivity contribution is 5.12. The number of hydrogen-bond acceptors (Lipinski definition) is 2. The van der Waals surface area contributed by atoms with Gasteiger partial charge in [0.2, 0.25) is 0 Å². The average Bonchev–Trinajstić information content (AvgIpc) is 2.96. The maximum atomic E-state index is 9.20. The Kier molecular flexibility index (Phi) is 2.72. The summed E-state index contributed by atoms with van der Waals surface area (Å²) in [6.45, 7) is 1.35. The largest absolute Gasteiger partial charge is 0.396 e. The lowest BCUT2D eigenvalue weighted by molar-refractivity contribution is 0.199. The van der Waals surface area contributed by atoms with Gasteiger partial charge in [-0.2, -0.15) is 0 Å². The van der Waals surface area contributed by atoms with Crippen molar-refractivity contribution < 1.29 is 5.11 Å². The molecule has 0 bridgehead atoms. The summed E-state index contributed by atoms with van der Waals surface area (Å²) in [5.41, 5.74) is 1.31. The fourth-order valence-electron chi connectivity index (χ4n) is 3.09. The molecule has 1 N–H and O–H groups in total. The van der Waals surface area contributed by atoms with Crippen LogP contribution in [0.25, 0.3) is 0 Å². The number of aliphatic hydroxyl groups is 1. The van der Waals surface area contributed by atoms with Crippen LogP contribution in [-0.2, 0) is 13.0 Å². The molecule has 1 aliphatic heterocycles. The molecule has 1 atom stereocenters. The SMILES string of the molecule is OCC1CCn2cc(C3CCCC3)nc2C1. The molecule has 3 rings (SSSR count). The molecule has 0 amide bonds. The lowest BCUT2D eigenvalue weighted by atomic mass is 9.99. The zero-order valence-electron chi connectivity index (χ0n) is 9.73. The lowest BCUT2D eigenvalue weighted by Gasteiger charge is -2.20. The smallest absolute Gasteiger partial charge is 0.109 e. The summed E-state index contributed by atoms with van der Waals surface area (Å²) >= 11 is 0. The van der Waals surface area contributed by atoms with Crippen LogP contribution < -0.4 is 0 Å². The van der Waals surface area contributed by atoms with Crippen molar-refractivity contribution in [3.05, 3.63) is 17.7 Å². The number of aromatic nitrogens is 2. The summed E-state index contributed by atoms with van der Waals surface area (Å²) in [7, 11) is 0.